The summed E-state index contributed by atoms with van der Waals surface area (Å²) in [5, 5.41) is 9.56. The van der Waals surface area contributed by atoms with Crippen LogP contribution in [-0.2, 0) is 13.6 Å². The van der Waals surface area contributed by atoms with Crippen molar-refractivity contribution in [2.75, 3.05) is 0 Å². The zero-order chi connectivity index (χ0) is 12.5. The minimum Gasteiger partial charge on any atom is -0.308 e. The molecule has 0 saturated heterocycles. The van der Waals surface area contributed by atoms with E-state index in [1.807, 2.05) is 11.7 Å². The van der Waals surface area contributed by atoms with Crippen LogP contribution in [0.3, 0.4) is 0 Å². The molecule has 0 aliphatic heterocycles. The van der Waals surface area contributed by atoms with Crippen LogP contribution in [0.2, 0.25) is 0 Å². The molecule has 2 unspecified atom stereocenters. The lowest BCUT2D eigenvalue weighted by Crippen LogP contribution is -2.26. The highest BCUT2D eigenvalue weighted by Crippen LogP contribution is 2.25. The number of benzene rings is 1. The predicted octanol–water partition coefficient (Wildman–Crippen LogP) is 2.85. The molecule has 96 valence electrons. The summed E-state index contributed by atoms with van der Waals surface area (Å²) in [6.07, 6.45) is 3.98. The van der Waals surface area contributed by atoms with Crippen LogP contribution in [0, 0.1) is 5.92 Å². The molecule has 1 aromatic carbocycles. The number of aromatic nitrogens is 2. The zero-order valence-electron chi connectivity index (χ0n) is 11.2. The number of nitrogens with one attached hydrogen (secondary N) is 1. The van der Waals surface area contributed by atoms with Crippen molar-refractivity contribution in [2.24, 2.45) is 13.0 Å². The summed E-state index contributed by atoms with van der Waals surface area (Å²) in [6.45, 7) is 3.23. The van der Waals surface area contributed by atoms with E-state index in [1.165, 1.54) is 35.9 Å². The standard InChI is InChI=1S/C15H21N3/c1-11-7-8-12(9-11)16-10-14-13-5-3-4-6-15(13)18(2)17-14/h3-6,11-12,16H,7-10H2,1-2H3. The molecule has 0 bridgehead atoms. The molecular weight excluding hydrogens is 222 g/mol. The molecule has 2 aromatic rings. The van der Waals surface area contributed by atoms with Gasteiger partial charge in [0.25, 0.3) is 0 Å². The summed E-state index contributed by atoms with van der Waals surface area (Å²) in [5.74, 6) is 0.878. The fourth-order valence-corrected chi connectivity index (χ4v) is 3.05. The fourth-order valence-electron chi connectivity index (χ4n) is 3.05. The maximum absolute atomic E-state index is 4.62. The second-order valence-corrected chi connectivity index (χ2v) is 5.58. The second kappa shape index (κ2) is 4.73. The Balaban J connectivity index is 1.75. The summed E-state index contributed by atoms with van der Waals surface area (Å²) in [5.41, 5.74) is 2.39. The molecule has 1 N–H and O–H groups in total. The van der Waals surface area contributed by atoms with E-state index >= 15 is 0 Å². The summed E-state index contributed by atoms with van der Waals surface area (Å²) in [4.78, 5) is 0. The van der Waals surface area contributed by atoms with Crippen molar-refractivity contribution in [1.29, 1.82) is 0 Å². The Morgan fingerprint density at radius 3 is 2.94 bits per heavy atom. The first kappa shape index (κ1) is 11.7. The number of para-hydroxylation sites is 1. The molecule has 1 saturated carbocycles. The molecule has 18 heavy (non-hydrogen) atoms. The first-order chi connectivity index (χ1) is 8.74. The molecule has 3 rings (SSSR count). The Morgan fingerprint density at radius 1 is 1.33 bits per heavy atom. The van der Waals surface area contributed by atoms with Gasteiger partial charge >= 0.3 is 0 Å². The molecule has 3 nitrogen and oxygen atoms in total. The van der Waals surface area contributed by atoms with Gasteiger partial charge in [0.05, 0.1) is 11.2 Å². The number of hydrogen-bond donors (Lipinski definition) is 1. The fraction of sp³-hybridized carbons (Fsp3) is 0.533. The van der Waals surface area contributed by atoms with E-state index in [4.69, 9.17) is 0 Å². The van der Waals surface area contributed by atoms with E-state index in [9.17, 15) is 0 Å². The van der Waals surface area contributed by atoms with E-state index in [1.54, 1.807) is 0 Å². The number of hydrogen-bond acceptors (Lipinski definition) is 2. The Morgan fingerprint density at radius 2 is 2.17 bits per heavy atom. The van der Waals surface area contributed by atoms with Crippen LogP contribution >= 0.6 is 0 Å². The van der Waals surface area contributed by atoms with Gasteiger partial charge in [0.2, 0.25) is 0 Å². The van der Waals surface area contributed by atoms with Gasteiger partial charge in [-0.3, -0.25) is 4.68 Å². The lowest BCUT2D eigenvalue weighted by atomic mass is 10.1. The Labute approximate surface area is 108 Å². The number of fused-ring (bicyclic) bond motifs is 1. The normalized spacial score (nSPS) is 23.9. The third-order valence-electron chi connectivity index (χ3n) is 4.09. The lowest BCUT2D eigenvalue weighted by molar-refractivity contribution is 0.497. The first-order valence-corrected chi connectivity index (χ1v) is 6.88. The van der Waals surface area contributed by atoms with Gasteiger partial charge < -0.3 is 5.32 Å². The number of nitrogens with zero attached hydrogens (tertiary/aromatic N) is 2. The van der Waals surface area contributed by atoms with Crippen molar-refractivity contribution < 1.29 is 0 Å². The lowest BCUT2D eigenvalue weighted by Gasteiger charge is -2.10. The van der Waals surface area contributed by atoms with Gasteiger partial charge in [-0.1, -0.05) is 25.1 Å². The SMILES string of the molecule is CC1CCC(NCc2nn(C)c3ccccc23)C1. The van der Waals surface area contributed by atoms with Crippen molar-refractivity contribution in [3.8, 4) is 0 Å². The molecule has 1 fully saturated rings. The molecule has 0 amide bonds. The van der Waals surface area contributed by atoms with Gasteiger partial charge in [0, 0.05) is 25.0 Å². The molecular formula is C15H21N3. The van der Waals surface area contributed by atoms with E-state index in [0.29, 0.717) is 6.04 Å². The highest BCUT2D eigenvalue weighted by atomic mass is 15.3. The summed E-state index contributed by atoms with van der Waals surface area (Å²) >= 11 is 0. The van der Waals surface area contributed by atoms with Crippen LogP contribution in [0.5, 0.6) is 0 Å². The van der Waals surface area contributed by atoms with Crippen LogP contribution in [0.4, 0.5) is 0 Å². The maximum Gasteiger partial charge on any atom is 0.0841 e. The minimum atomic E-state index is 0.681. The highest BCUT2D eigenvalue weighted by molar-refractivity contribution is 5.81. The topological polar surface area (TPSA) is 29.9 Å². The Hall–Kier alpha value is -1.35. The molecule has 0 radical (unpaired) electrons. The van der Waals surface area contributed by atoms with Crippen LogP contribution in [0.1, 0.15) is 31.9 Å². The van der Waals surface area contributed by atoms with E-state index in [2.05, 4.69) is 41.6 Å². The largest absolute Gasteiger partial charge is 0.308 e. The third-order valence-corrected chi connectivity index (χ3v) is 4.09. The molecule has 3 heteroatoms. The molecule has 1 heterocycles. The van der Waals surface area contributed by atoms with Gasteiger partial charge in [-0.15, -0.1) is 0 Å². The van der Waals surface area contributed by atoms with Crippen molar-refractivity contribution in [3.63, 3.8) is 0 Å². The van der Waals surface area contributed by atoms with Gasteiger partial charge in [0.15, 0.2) is 0 Å². The highest BCUT2D eigenvalue weighted by Gasteiger charge is 2.21. The third kappa shape index (κ3) is 2.15. The van der Waals surface area contributed by atoms with Crippen molar-refractivity contribution in [1.82, 2.24) is 15.1 Å². The molecule has 1 aromatic heterocycles. The van der Waals surface area contributed by atoms with Crippen LogP contribution in [0.15, 0.2) is 24.3 Å². The average Bonchev–Trinajstić information content (AvgIpc) is 2.92. The number of aryl methyl sites for hydroxylation is 1. The monoisotopic (exact) mass is 243 g/mol. The molecule has 2 atom stereocenters. The van der Waals surface area contributed by atoms with E-state index in [-0.39, 0.29) is 0 Å². The van der Waals surface area contributed by atoms with Crippen LogP contribution in [0.25, 0.3) is 10.9 Å². The summed E-state index contributed by atoms with van der Waals surface area (Å²) in [6, 6.07) is 9.13. The van der Waals surface area contributed by atoms with Crippen LogP contribution < -0.4 is 5.32 Å². The van der Waals surface area contributed by atoms with Gasteiger partial charge in [-0.05, 0) is 31.2 Å². The first-order valence-electron chi connectivity index (χ1n) is 6.88. The minimum absolute atomic E-state index is 0.681. The van der Waals surface area contributed by atoms with Crippen LogP contribution in [-0.4, -0.2) is 15.8 Å². The van der Waals surface area contributed by atoms with Gasteiger partial charge in [-0.2, -0.15) is 5.10 Å². The van der Waals surface area contributed by atoms with Gasteiger partial charge in [0.1, 0.15) is 0 Å². The Kier molecular flexibility index (Phi) is 3.08. The Bertz CT molecular complexity index is 544. The summed E-state index contributed by atoms with van der Waals surface area (Å²) < 4.78 is 1.98. The smallest absolute Gasteiger partial charge is 0.0841 e. The summed E-state index contributed by atoms with van der Waals surface area (Å²) in [7, 11) is 2.02. The molecule has 1 aliphatic rings. The van der Waals surface area contributed by atoms with Crippen molar-refractivity contribution >= 4 is 10.9 Å². The maximum atomic E-state index is 4.62. The quantitative estimate of drug-likeness (QED) is 0.898. The van der Waals surface area contributed by atoms with E-state index < -0.39 is 0 Å². The predicted molar refractivity (Wildman–Crippen MR) is 74.4 cm³/mol. The molecule has 0 spiro atoms. The van der Waals surface area contributed by atoms with Crippen molar-refractivity contribution in [2.45, 2.75) is 38.8 Å². The second-order valence-electron chi connectivity index (χ2n) is 5.58. The zero-order valence-corrected chi connectivity index (χ0v) is 11.2. The van der Waals surface area contributed by atoms with Gasteiger partial charge in [-0.25, -0.2) is 0 Å². The average molecular weight is 243 g/mol. The number of rotatable bonds is 3. The van der Waals surface area contributed by atoms with Crippen molar-refractivity contribution in [3.05, 3.63) is 30.0 Å². The van der Waals surface area contributed by atoms with E-state index in [0.717, 1.165) is 12.5 Å². The molecule has 1 aliphatic carbocycles.